The van der Waals surface area contributed by atoms with Crippen molar-refractivity contribution in [3.63, 3.8) is 0 Å². The van der Waals surface area contributed by atoms with E-state index in [1.54, 1.807) is 24.3 Å². The predicted octanol–water partition coefficient (Wildman–Crippen LogP) is 2.33. The van der Waals surface area contributed by atoms with Gasteiger partial charge in [-0.2, -0.15) is 0 Å². The molecule has 0 radical (unpaired) electrons. The Kier molecular flexibility index (Phi) is 8.35. The highest BCUT2D eigenvalue weighted by molar-refractivity contribution is 5.93. The molecular formula is C18H29ClN4O2. The van der Waals surface area contributed by atoms with Gasteiger partial charge in [-0.25, -0.2) is 0 Å². The Morgan fingerprint density at radius 2 is 1.80 bits per heavy atom. The van der Waals surface area contributed by atoms with Gasteiger partial charge in [0.25, 0.3) is 0 Å². The maximum Gasteiger partial charge on any atom is 0.238 e. The molecule has 2 amide bonds. The smallest absolute Gasteiger partial charge is 0.238 e. The van der Waals surface area contributed by atoms with Crippen LogP contribution in [0.5, 0.6) is 0 Å². The third-order valence-electron chi connectivity index (χ3n) is 4.37. The second kappa shape index (κ2) is 9.75. The molecule has 3 N–H and O–H groups in total. The number of carbonyl (C=O) groups excluding carboxylic acids is 2. The lowest BCUT2D eigenvalue weighted by Gasteiger charge is -2.30. The van der Waals surface area contributed by atoms with E-state index in [1.165, 1.54) is 6.92 Å². The molecule has 0 saturated carbocycles. The number of carbonyl (C=O) groups is 2. The Morgan fingerprint density at radius 1 is 1.20 bits per heavy atom. The largest absolute Gasteiger partial charge is 0.326 e. The third-order valence-corrected chi connectivity index (χ3v) is 4.37. The number of amides is 2. The van der Waals surface area contributed by atoms with Gasteiger partial charge in [-0.1, -0.05) is 13.8 Å². The Hall–Kier alpha value is -1.63. The predicted molar refractivity (Wildman–Crippen MR) is 104 cm³/mol. The molecule has 2 rings (SSSR count). The van der Waals surface area contributed by atoms with Gasteiger partial charge in [0.1, 0.15) is 0 Å². The molecule has 6 nitrogen and oxygen atoms in total. The van der Waals surface area contributed by atoms with Gasteiger partial charge >= 0.3 is 0 Å². The van der Waals surface area contributed by atoms with Crippen molar-refractivity contribution in [1.29, 1.82) is 0 Å². The van der Waals surface area contributed by atoms with Crippen molar-refractivity contribution in [2.24, 2.45) is 5.41 Å². The standard InChI is InChI=1S/C18H28N4O2.ClH/c1-4-22(13-18(3)9-10-19-12-18)11-17(24)21-16-7-5-15(6-8-16)20-14(2)23;/h5-8,19H,4,9-13H2,1-3H3,(H,20,23)(H,21,24);1H. The second-order valence-corrected chi connectivity index (χ2v) is 6.85. The molecule has 140 valence electrons. The zero-order chi connectivity index (χ0) is 17.6. The fraction of sp³-hybridized carbons (Fsp3) is 0.556. The van der Waals surface area contributed by atoms with E-state index in [9.17, 15) is 9.59 Å². The lowest BCUT2D eigenvalue weighted by molar-refractivity contribution is -0.117. The molecule has 1 saturated heterocycles. The highest BCUT2D eigenvalue weighted by Crippen LogP contribution is 2.25. The van der Waals surface area contributed by atoms with Crippen LogP contribution in [0.3, 0.4) is 0 Å². The van der Waals surface area contributed by atoms with Gasteiger partial charge in [-0.05, 0) is 49.2 Å². The maximum absolute atomic E-state index is 12.3. The number of hydrogen-bond acceptors (Lipinski definition) is 4. The first kappa shape index (κ1) is 21.4. The first-order valence-electron chi connectivity index (χ1n) is 8.51. The zero-order valence-electron chi connectivity index (χ0n) is 15.2. The first-order valence-corrected chi connectivity index (χ1v) is 8.51. The van der Waals surface area contributed by atoms with Crippen LogP contribution in [0.25, 0.3) is 0 Å². The van der Waals surface area contributed by atoms with E-state index in [0.717, 1.165) is 44.0 Å². The van der Waals surface area contributed by atoms with Crippen molar-refractivity contribution >= 4 is 35.6 Å². The van der Waals surface area contributed by atoms with Gasteiger partial charge in [0.15, 0.2) is 0 Å². The number of halogens is 1. The van der Waals surface area contributed by atoms with Crippen LogP contribution in [0.1, 0.15) is 27.2 Å². The van der Waals surface area contributed by atoms with Crippen molar-refractivity contribution in [3.8, 4) is 0 Å². The van der Waals surface area contributed by atoms with Crippen LogP contribution in [0.2, 0.25) is 0 Å². The van der Waals surface area contributed by atoms with Crippen molar-refractivity contribution < 1.29 is 9.59 Å². The van der Waals surface area contributed by atoms with Gasteiger partial charge in [-0.15, -0.1) is 12.4 Å². The quantitative estimate of drug-likeness (QED) is 0.690. The van der Waals surface area contributed by atoms with Gasteiger partial charge < -0.3 is 16.0 Å². The van der Waals surface area contributed by atoms with Crippen LogP contribution in [0, 0.1) is 5.41 Å². The number of rotatable bonds is 7. The number of nitrogens with zero attached hydrogens (tertiary/aromatic N) is 1. The first-order chi connectivity index (χ1) is 11.4. The third kappa shape index (κ3) is 7.02. The van der Waals surface area contributed by atoms with Crippen LogP contribution < -0.4 is 16.0 Å². The fourth-order valence-electron chi connectivity index (χ4n) is 3.07. The van der Waals surface area contributed by atoms with Gasteiger partial charge in [-0.3, -0.25) is 14.5 Å². The van der Waals surface area contributed by atoms with E-state index in [2.05, 4.69) is 34.7 Å². The summed E-state index contributed by atoms with van der Waals surface area (Å²) in [4.78, 5) is 25.5. The monoisotopic (exact) mass is 368 g/mol. The van der Waals surface area contributed by atoms with Gasteiger partial charge in [0, 0.05) is 31.4 Å². The van der Waals surface area contributed by atoms with Crippen LogP contribution in [-0.2, 0) is 9.59 Å². The van der Waals surface area contributed by atoms with E-state index in [-0.39, 0.29) is 29.6 Å². The molecule has 1 aliphatic heterocycles. The topological polar surface area (TPSA) is 73.5 Å². The molecule has 0 aromatic heterocycles. The molecule has 25 heavy (non-hydrogen) atoms. The normalized spacial score (nSPS) is 19.4. The Bertz CT molecular complexity index is 571. The number of benzene rings is 1. The highest BCUT2D eigenvalue weighted by Gasteiger charge is 2.30. The molecule has 1 aromatic carbocycles. The van der Waals surface area contributed by atoms with Crippen LogP contribution in [-0.4, -0.2) is 49.4 Å². The fourth-order valence-corrected chi connectivity index (χ4v) is 3.07. The second-order valence-electron chi connectivity index (χ2n) is 6.85. The highest BCUT2D eigenvalue weighted by atomic mass is 35.5. The Labute approximate surface area is 156 Å². The maximum atomic E-state index is 12.3. The van der Waals surface area contributed by atoms with Crippen molar-refractivity contribution in [2.75, 3.05) is 43.4 Å². The molecule has 1 aromatic rings. The van der Waals surface area contributed by atoms with Gasteiger partial charge in [0.2, 0.25) is 11.8 Å². The molecule has 1 aliphatic rings. The average Bonchev–Trinajstić information content (AvgIpc) is 2.94. The summed E-state index contributed by atoms with van der Waals surface area (Å²) in [6, 6.07) is 7.14. The van der Waals surface area contributed by atoms with E-state index in [0.29, 0.717) is 6.54 Å². The lowest BCUT2D eigenvalue weighted by Crippen LogP contribution is -2.41. The van der Waals surface area contributed by atoms with Crippen LogP contribution >= 0.6 is 12.4 Å². The minimum Gasteiger partial charge on any atom is -0.326 e. The van der Waals surface area contributed by atoms with Crippen molar-refractivity contribution in [2.45, 2.75) is 27.2 Å². The van der Waals surface area contributed by atoms with Gasteiger partial charge in [0.05, 0.1) is 6.54 Å². The van der Waals surface area contributed by atoms with E-state index < -0.39 is 0 Å². The number of nitrogens with one attached hydrogen (secondary N) is 3. The Morgan fingerprint density at radius 3 is 2.28 bits per heavy atom. The molecular weight excluding hydrogens is 340 g/mol. The molecule has 7 heteroatoms. The summed E-state index contributed by atoms with van der Waals surface area (Å²) in [5.74, 6) is -0.126. The molecule has 1 heterocycles. The summed E-state index contributed by atoms with van der Waals surface area (Å²) in [6.07, 6.45) is 1.15. The average molecular weight is 369 g/mol. The van der Waals surface area contributed by atoms with Crippen LogP contribution in [0.15, 0.2) is 24.3 Å². The van der Waals surface area contributed by atoms with Crippen LogP contribution in [0.4, 0.5) is 11.4 Å². The van der Waals surface area contributed by atoms with E-state index in [4.69, 9.17) is 0 Å². The summed E-state index contributed by atoms with van der Waals surface area (Å²) >= 11 is 0. The molecule has 1 unspecified atom stereocenters. The lowest BCUT2D eigenvalue weighted by atomic mass is 9.89. The molecule has 0 spiro atoms. The number of likely N-dealkylation sites (N-methyl/N-ethyl adjacent to an activating group) is 1. The summed E-state index contributed by atoms with van der Waals surface area (Å²) in [6.45, 7) is 10.1. The van der Waals surface area contributed by atoms with Crippen molar-refractivity contribution in [3.05, 3.63) is 24.3 Å². The molecule has 0 aliphatic carbocycles. The summed E-state index contributed by atoms with van der Waals surface area (Å²) in [5, 5.41) is 9.02. The summed E-state index contributed by atoms with van der Waals surface area (Å²) in [5.41, 5.74) is 1.70. The minimum absolute atomic E-state index is 0. The number of hydrogen-bond donors (Lipinski definition) is 3. The Balaban J connectivity index is 0.00000312. The van der Waals surface area contributed by atoms with E-state index >= 15 is 0 Å². The molecule has 1 fully saturated rings. The SMILES string of the molecule is CCN(CC(=O)Nc1ccc(NC(C)=O)cc1)CC1(C)CCNC1.Cl. The minimum atomic E-state index is -0.111. The molecule has 1 atom stereocenters. The number of anilines is 2. The van der Waals surface area contributed by atoms with E-state index in [1.807, 2.05) is 0 Å². The summed E-state index contributed by atoms with van der Waals surface area (Å²) in [7, 11) is 0. The molecule has 0 bridgehead atoms. The van der Waals surface area contributed by atoms with Crippen molar-refractivity contribution in [1.82, 2.24) is 10.2 Å². The summed E-state index contributed by atoms with van der Waals surface area (Å²) < 4.78 is 0. The zero-order valence-corrected chi connectivity index (χ0v) is 16.0.